The van der Waals surface area contributed by atoms with Crippen LogP contribution in [0.5, 0.6) is 0 Å². The monoisotopic (exact) mass is 401 g/mol. The molecule has 0 saturated carbocycles. The molecule has 2 aromatic heterocycles. The maximum atomic E-state index is 13.1. The minimum atomic E-state index is -0.621. The van der Waals surface area contributed by atoms with Crippen LogP contribution in [0, 0.1) is 0 Å². The number of fused-ring (bicyclic) bond motifs is 1. The summed E-state index contributed by atoms with van der Waals surface area (Å²) < 4.78 is 1.51. The summed E-state index contributed by atoms with van der Waals surface area (Å²) in [6.07, 6.45) is 1.60. The predicted molar refractivity (Wildman–Crippen MR) is 102 cm³/mol. The molecule has 0 unspecified atom stereocenters. The lowest BCUT2D eigenvalue weighted by atomic mass is 9.95. The normalized spacial score (nSPS) is 15.9. The first-order chi connectivity index (χ1) is 13.0. The van der Waals surface area contributed by atoms with Crippen molar-refractivity contribution < 1.29 is 4.79 Å². The van der Waals surface area contributed by atoms with Crippen LogP contribution in [0.1, 0.15) is 18.5 Å². The van der Waals surface area contributed by atoms with Crippen LogP contribution < -0.4 is 10.6 Å². The third kappa shape index (κ3) is 3.24. The highest BCUT2D eigenvalue weighted by Gasteiger charge is 2.35. The number of tetrazole rings is 1. The molecule has 136 valence electrons. The highest BCUT2D eigenvalue weighted by molar-refractivity contribution is 6.35. The molecule has 1 aliphatic heterocycles. The van der Waals surface area contributed by atoms with Gasteiger partial charge in [-0.1, -0.05) is 40.4 Å². The molecule has 1 aliphatic rings. The largest absolute Gasteiger partial charge is 0.326 e. The van der Waals surface area contributed by atoms with Crippen LogP contribution in [0.3, 0.4) is 0 Å². The van der Waals surface area contributed by atoms with E-state index >= 15 is 0 Å². The van der Waals surface area contributed by atoms with Gasteiger partial charge in [-0.15, -0.1) is 0 Å². The number of carbonyl (C=O) groups excluding carboxylic acids is 1. The van der Waals surface area contributed by atoms with Crippen molar-refractivity contribution in [2.24, 2.45) is 0 Å². The summed E-state index contributed by atoms with van der Waals surface area (Å²) in [7, 11) is 0. The average Bonchev–Trinajstić information content (AvgIpc) is 3.09. The topological polar surface area (TPSA) is 97.6 Å². The molecule has 3 heterocycles. The first kappa shape index (κ1) is 17.4. The Morgan fingerprint density at radius 2 is 2.11 bits per heavy atom. The van der Waals surface area contributed by atoms with Gasteiger partial charge in [0, 0.05) is 27.5 Å². The molecule has 8 nitrogen and oxygen atoms in total. The van der Waals surface area contributed by atoms with Crippen molar-refractivity contribution in [1.29, 1.82) is 0 Å². The number of allylic oxidation sites excluding steroid dienone is 1. The number of nitrogens with zero attached hydrogens (tertiary/aromatic N) is 5. The SMILES string of the molecule is CC1=C(C(=O)Nc2ccccn2)[C@@H](c2ccc(Cl)cc2Cl)n2nnnc2N1. The van der Waals surface area contributed by atoms with Gasteiger partial charge in [0.2, 0.25) is 5.95 Å². The molecule has 10 heteroatoms. The fraction of sp³-hybridized carbons (Fsp3) is 0.118. The minimum Gasteiger partial charge on any atom is -0.326 e. The summed E-state index contributed by atoms with van der Waals surface area (Å²) in [5.41, 5.74) is 1.69. The number of carbonyl (C=O) groups is 1. The molecule has 0 spiro atoms. The number of amides is 1. The first-order valence-electron chi connectivity index (χ1n) is 7.97. The van der Waals surface area contributed by atoms with Crippen molar-refractivity contribution in [3.63, 3.8) is 0 Å². The molecule has 0 fully saturated rings. The second-order valence-corrected chi connectivity index (χ2v) is 6.69. The van der Waals surface area contributed by atoms with E-state index in [1.54, 1.807) is 49.5 Å². The highest BCUT2D eigenvalue weighted by Crippen LogP contribution is 2.38. The van der Waals surface area contributed by atoms with Gasteiger partial charge in [0.05, 0.1) is 5.57 Å². The summed E-state index contributed by atoms with van der Waals surface area (Å²) in [6, 6.07) is 9.73. The van der Waals surface area contributed by atoms with Crippen LogP contribution >= 0.6 is 23.2 Å². The summed E-state index contributed by atoms with van der Waals surface area (Å²) in [4.78, 5) is 17.2. The van der Waals surface area contributed by atoms with E-state index < -0.39 is 6.04 Å². The fourth-order valence-corrected chi connectivity index (χ4v) is 3.45. The van der Waals surface area contributed by atoms with E-state index in [-0.39, 0.29) is 5.91 Å². The van der Waals surface area contributed by atoms with Crippen LogP contribution in [0.25, 0.3) is 0 Å². The average molecular weight is 402 g/mol. The van der Waals surface area contributed by atoms with E-state index in [1.165, 1.54) is 4.68 Å². The number of halogens is 2. The molecule has 1 amide bonds. The van der Waals surface area contributed by atoms with Gasteiger partial charge in [0.1, 0.15) is 11.9 Å². The van der Waals surface area contributed by atoms with Gasteiger partial charge in [0.25, 0.3) is 5.91 Å². The highest BCUT2D eigenvalue weighted by atomic mass is 35.5. The van der Waals surface area contributed by atoms with E-state index in [9.17, 15) is 4.79 Å². The molecule has 27 heavy (non-hydrogen) atoms. The number of pyridine rings is 1. The zero-order valence-corrected chi connectivity index (χ0v) is 15.5. The van der Waals surface area contributed by atoms with E-state index in [2.05, 4.69) is 31.1 Å². The molecule has 0 radical (unpaired) electrons. The van der Waals surface area contributed by atoms with Crippen LogP contribution in [-0.2, 0) is 4.79 Å². The zero-order chi connectivity index (χ0) is 19.0. The Morgan fingerprint density at radius 1 is 1.26 bits per heavy atom. The van der Waals surface area contributed by atoms with Gasteiger partial charge in [0.15, 0.2) is 0 Å². The van der Waals surface area contributed by atoms with Gasteiger partial charge in [-0.2, -0.15) is 4.68 Å². The summed E-state index contributed by atoms with van der Waals surface area (Å²) in [5.74, 6) is 0.514. The number of benzene rings is 1. The Labute approximate surface area is 164 Å². The lowest BCUT2D eigenvalue weighted by molar-refractivity contribution is -0.113. The summed E-state index contributed by atoms with van der Waals surface area (Å²) in [5, 5.41) is 18.4. The Balaban J connectivity index is 1.81. The molecule has 0 saturated heterocycles. The van der Waals surface area contributed by atoms with Gasteiger partial charge in [-0.3, -0.25) is 4.79 Å². The lowest BCUT2D eigenvalue weighted by Gasteiger charge is -2.28. The Hall–Kier alpha value is -2.97. The molecular weight excluding hydrogens is 389 g/mol. The standard InChI is InChI=1S/C17H13Cl2N7O/c1-9-14(16(27)22-13-4-2-3-7-20-13)15(26-17(21-9)23-24-25-26)11-6-5-10(18)8-12(11)19/h2-8,15H,1H3,(H,20,22,27)(H,21,23,25)/t15-/m1/s1. The number of aromatic nitrogens is 5. The van der Waals surface area contributed by atoms with Gasteiger partial charge in [-0.25, -0.2) is 4.98 Å². The molecular formula is C17H13Cl2N7O. The molecule has 1 atom stereocenters. The van der Waals surface area contributed by atoms with E-state index in [1.807, 2.05) is 0 Å². The van der Waals surface area contributed by atoms with Gasteiger partial charge < -0.3 is 10.6 Å². The zero-order valence-electron chi connectivity index (χ0n) is 14.0. The third-order valence-electron chi connectivity index (χ3n) is 4.12. The van der Waals surface area contributed by atoms with Crippen molar-refractivity contribution in [3.05, 3.63) is 69.5 Å². The van der Waals surface area contributed by atoms with E-state index in [4.69, 9.17) is 23.2 Å². The van der Waals surface area contributed by atoms with Crippen LogP contribution in [0.2, 0.25) is 10.0 Å². The van der Waals surface area contributed by atoms with Crippen molar-refractivity contribution in [2.75, 3.05) is 10.6 Å². The Kier molecular flexibility index (Phi) is 4.51. The number of hydrogen-bond donors (Lipinski definition) is 2. The third-order valence-corrected chi connectivity index (χ3v) is 4.68. The van der Waals surface area contributed by atoms with Crippen LogP contribution in [-0.4, -0.2) is 31.1 Å². The van der Waals surface area contributed by atoms with E-state index in [0.29, 0.717) is 38.6 Å². The smallest absolute Gasteiger partial charge is 0.257 e. The second kappa shape index (κ2) is 6.98. The van der Waals surface area contributed by atoms with Crippen molar-refractivity contribution in [1.82, 2.24) is 25.2 Å². The fourth-order valence-electron chi connectivity index (χ4n) is 2.94. The van der Waals surface area contributed by atoms with Gasteiger partial charge >= 0.3 is 0 Å². The van der Waals surface area contributed by atoms with E-state index in [0.717, 1.165) is 0 Å². The second-order valence-electron chi connectivity index (χ2n) is 5.85. The maximum absolute atomic E-state index is 13.1. The summed E-state index contributed by atoms with van der Waals surface area (Å²) in [6.45, 7) is 1.78. The minimum absolute atomic E-state index is 0.337. The molecule has 0 bridgehead atoms. The van der Waals surface area contributed by atoms with Crippen LogP contribution in [0.4, 0.5) is 11.8 Å². The Morgan fingerprint density at radius 3 is 2.85 bits per heavy atom. The quantitative estimate of drug-likeness (QED) is 0.698. The molecule has 1 aromatic carbocycles. The Bertz CT molecular complexity index is 1050. The van der Waals surface area contributed by atoms with Crippen molar-refractivity contribution in [2.45, 2.75) is 13.0 Å². The molecule has 3 aromatic rings. The number of rotatable bonds is 3. The maximum Gasteiger partial charge on any atom is 0.257 e. The van der Waals surface area contributed by atoms with Gasteiger partial charge in [-0.05, 0) is 41.6 Å². The number of hydrogen-bond acceptors (Lipinski definition) is 6. The molecule has 4 rings (SSSR count). The van der Waals surface area contributed by atoms with Crippen molar-refractivity contribution >= 4 is 40.9 Å². The van der Waals surface area contributed by atoms with Crippen LogP contribution in [0.15, 0.2) is 53.9 Å². The van der Waals surface area contributed by atoms with Crippen molar-refractivity contribution in [3.8, 4) is 0 Å². The summed E-state index contributed by atoms with van der Waals surface area (Å²) >= 11 is 12.4. The number of anilines is 2. The molecule has 2 N–H and O–H groups in total. The molecule has 0 aliphatic carbocycles. The number of nitrogens with one attached hydrogen (secondary N) is 2. The lowest BCUT2D eigenvalue weighted by Crippen LogP contribution is -2.31. The predicted octanol–water partition coefficient (Wildman–Crippen LogP) is 3.30. The first-order valence-corrected chi connectivity index (χ1v) is 8.73.